The number of hydrogen-bond acceptors (Lipinski definition) is 6. The van der Waals surface area contributed by atoms with Gasteiger partial charge in [-0.3, -0.25) is 14.4 Å². The van der Waals surface area contributed by atoms with Crippen molar-refractivity contribution < 1.29 is 28.3 Å². The number of nitrogens with one attached hydrogen (secondary N) is 3. The van der Waals surface area contributed by atoms with Gasteiger partial charge in [0.1, 0.15) is 17.2 Å². The largest absolute Gasteiger partial charge is 0.504 e. The van der Waals surface area contributed by atoms with Crippen LogP contribution in [0.1, 0.15) is 45.1 Å². The van der Waals surface area contributed by atoms with Crippen molar-refractivity contribution in [3.05, 3.63) is 58.5 Å². The van der Waals surface area contributed by atoms with Crippen LogP contribution >= 0.6 is 0 Å². The first-order chi connectivity index (χ1) is 15.3. The van der Waals surface area contributed by atoms with Crippen molar-refractivity contribution in [3.8, 4) is 0 Å². The van der Waals surface area contributed by atoms with Crippen molar-refractivity contribution in [2.75, 3.05) is 13.2 Å². The summed E-state index contributed by atoms with van der Waals surface area (Å²) < 4.78 is 26.9. The molecule has 10 heteroatoms. The molecule has 0 unspecified atom stereocenters. The fourth-order valence-corrected chi connectivity index (χ4v) is 3.09. The summed E-state index contributed by atoms with van der Waals surface area (Å²) in [6.07, 6.45) is 3.23. The Labute approximate surface area is 185 Å². The highest BCUT2D eigenvalue weighted by molar-refractivity contribution is 6.26. The van der Waals surface area contributed by atoms with E-state index in [1.54, 1.807) is 0 Å². The summed E-state index contributed by atoms with van der Waals surface area (Å²) in [5.41, 5.74) is 4.82. The molecule has 0 fully saturated rings. The number of hydrogen-bond donors (Lipinski definition) is 4. The average molecular weight is 450 g/mol. The lowest BCUT2D eigenvalue weighted by Gasteiger charge is -2.25. The number of allylic oxidation sites excluding steroid dienone is 1. The topological polar surface area (TPSA) is 111 Å². The van der Waals surface area contributed by atoms with Crippen LogP contribution in [0.4, 0.5) is 8.78 Å². The van der Waals surface area contributed by atoms with E-state index in [0.29, 0.717) is 25.5 Å². The van der Waals surface area contributed by atoms with E-state index in [1.165, 1.54) is 11.0 Å². The van der Waals surface area contributed by atoms with Crippen molar-refractivity contribution in [3.63, 3.8) is 0 Å². The summed E-state index contributed by atoms with van der Waals surface area (Å²) in [5, 5.41) is 13.0. The van der Waals surface area contributed by atoms with Crippen molar-refractivity contribution in [2.24, 2.45) is 0 Å². The van der Waals surface area contributed by atoms with Gasteiger partial charge in [0.05, 0.1) is 12.2 Å². The van der Waals surface area contributed by atoms with E-state index >= 15 is 0 Å². The molecular formula is C22H28F2N4O4. The average Bonchev–Trinajstić information content (AvgIpc) is 2.76. The van der Waals surface area contributed by atoms with E-state index < -0.39 is 40.6 Å². The molecule has 0 spiro atoms. The third-order valence-corrected chi connectivity index (χ3v) is 4.85. The van der Waals surface area contributed by atoms with Gasteiger partial charge in [-0.15, -0.1) is 0 Å². The molecule has 1 aromatic carbocycles. The number of ketones is 1. The molecule has 32 heavy (non-hydrogen) atoms. The van der Waals surface area contributed by atoms with Crippen LogP contribution < -0.4 is 16.2 Å². The van der Waals surface area contributed by atoms with Crippen LogP contribution in [0.3, 0.4) is 0 Å². The molecule has 1 aromatic rings. The highest BCUT2D eigenvalue weighted by Gasteiger charge is 2.29. The standard InChI is InChI=1S/C22H28F2N4O4/c1-3-5-6-16-19(29)20(30)17(12-26-27-13-28(9-4-2)22(16)32)21(31)25-11-14-7-8-15(23)10-18(14)24/h7-8,10,12,26-27,29H,3-6,9,11,13H2,1-2H3,(H,25,31)/b17-12+,19-16-. The van der Waals surface area contributed by atoms with Gasteiger partial charge in [0, 0.05) is 30.9 Å². The van der Waals surface area contributed by atoms with E-state index in [0.717, 1.165) is 18.7 Å². The normalized spacial score (nSPS) is 19.2. The monoisotopic (exact) mass is 450 g/mol. The van der Waals surface area contributed by atoms with Crippen LogP contribution in [0.25, 0.3) is 0 Å². The van der Waals surface area contributed by atoms with Crippen molar-refractivity contribution in [1.29, 1.82) is 0 Å². The fraction of sp³-hybridized carbons (Fsp3) is 0.409. The number of rotatable bonds is 8. The molecule has 0 radical (unpaired) electrons. The minimum atomic E-state index is -1.03. The molecule has 2 amide bonds. The van der Waals surface area contributed by atoms with E-state index in [2.05, 4.69) is 16.2 Å². The number of benzene rings is 1. The second-order valence-corrected chi connectivity index (χ2v) is 7.28. The number of Topliss-reactive ketones (excluding diaryl/α,β-unsaturated/α-hetero) is 1. The smallest absolute Gasteiger partial charge is 0.257 e. The van der Waals surface area contributed by atoms with E-state index in [1.807, 2.05) is 13.8 Å². The van der Waals surface area contributed by atoms with Gasteiger partial charge < -0.3 is 20.7 Å². The molecule has 2 rings (SSSR count). The Bertz CT molecular complexity index is 931. The second kappa shape index (κ2) is 11.9. The Morgan fingerprint density at radius 1 is 1.22 bits per heavy atom. The van der Waals surface area contributed by atoms with Crippen LogP contribution in [0.15, 0.2) is 41.3 Å². The van der Waals surface area contributed by atoms with Gasteiger partial charge in [0.2, 0.25) is 5.78 Å². The van der Waals surface area contributed by atoms with Gasteiger partial charge in [0.15, 0.2) is 5.76 Å². The lowest BCUT2D eigenvalue weighted by molar-refractivity contribution is -0.129. The van der Waals surface area contributed by atoms with Crippen molar-refractivity contribution >= 4 is 17.6 Å². The summed E-state index contributed by atoms with van der Waals surface area (Å²) in [5.74, 6) is -4.81. The maximum absolute atomic E-state index is 13.8. The maximum Gasteiger partial charge on any atom is 0.257 e. The number of unbranched alkanes of at least 4 members (excludes halogenated alkanes) is 1. The molecule has 1 aliphatic rings. The van der Waals surface area contributed by atoms with Gasteiger partial charge in [-0.1, -0.05) is 26.3 Å². The summed E-state index contributed by atoms with van der Waals surface area (Å²) >= 11 is 0. The predicted octanol–water partition coefficient (Wildman–Crippen LogP) is 2.34. The number of carbonyl (C=O) groups excluding carboxylic acids is 3. The number of aliphatic hydroxyl groups excluding tert-OH is 1. The fourth-order valence-electron chi connectivity index (χ4n) is 3.09. The molecule has 0 atom stereocenters. The highest BCUT2D eigenvalue weighted by Crippen LogP contribution is 2.19. The predicted molar refractivity (Wildman–Crippen MR) is 114 cm³/mol. The number of aliphatic hydroxyl groups is 1. The summed E-state index contributed by atoms with van der Waals surface area (Å²) in [4.78, 5) is 40.0. The zero-order valence-electron chi connectivity index (χ0n) is 18.1. The highest BCUT2D eigenvalue weighted by atomic mass is 19.1. The zero-order chi connectivity index (χ0) is 23.7. The first-order valence-electron chi connectivity index (χ1n) is 10.5. The Kier molecular flexibility index (Phi) is 9.33. The molecule has 4 N–H and O–H groups in total. The summed E-state index contributed by atoms with van der Waals surface area (Å²) in [7, 11) is 0. The number of amides is 2. The molecule has 0 bridgehead atoms. The van der Waals surface area contributed by atoms with E-state index in [4.69, 9.17) is 0 Å². The third kappa shape index (κ3) is 6.36. The number of nitrogens with zero attached hydrogens (tertiary/aromatic N) is 1. The molecule has 0 saturated carbocycles. The van der Waals surface area contributed by atoms with Crippen molar-refractivity contribution in [2.45, 2.75) is 46.1 Å². The van der Waals surface area contributed by atoms with Crippen LogP contribution in [0.5, 0.6) is 0 Å². The molecule has 174 valence electrons. The third-order valence-electron chi connectivity index (χ3n) is 4.85. The van der Waals surface area contributed by atoms with Gasteiger partial charge in [-0.2, -0.15) is 0 Å². The van der Waals surface area contributed by atoms with E-state index in [-0.39, 0.29) is 30.8 Å². The van der Waals surface area contributed by atoms with Gasteiger partial charge in [-0.25, -0.2) is 14.2 Å². The van der Waals surface area contributed by atoms with Crippen LogP contribution in [0.2, 0.25) is 0 Å². The molecular weight excluding hydrogens is 422 g/mol. The molecule has 0 saturated heterocycles. The second-order valence-electron chi connectivity index (χ2n) is 7.28. The Hall–Kier alpha value is -3.27. The van der Waals surface area contributed by atoms with Gasteiger partial charge in [0.25, 0.3) is 11.8 Å². The van der Waals surface area contributed by atoms with Crippen LogP contribution in [0, 0.1) is 11.6 Å². The van der Waals surface area contributed by atoms with Crippen LogP contribution in [-0.4, -0.2) is 40.8 Å². The first kappa shape index (κ1) is 25.0. The quantitative estimate of drug-likeness (QED) is 0.453. The van der Waals surface area contributed by atoms with Gasteiger partial charge in [-0.05, 0) is 25.3 Å². The Morgan fingerprint density at radius 2 is 1.97 bits per heavy atom. The Balaban J connectivity index is 2.30. The van der Waals surface area contributed by atoms with Crippen LogP contribution in [-0.2, 0) is 20.9 Å². The lowest BCUT2D eigenvalue weighted by atomic mass is 10.0. The van der Waals surface area contributed by atoms with E-state index in [9.17, 15) is 28.3 Å². The Morgan fingerprint density at radius 3 is 2.62 bits per heavy atom. The lowest BCUT2D eigenvalue weighted by Crippen LogP contribution is -2.45. The SMILES string of the molecule is CCCC/C1=C(/O)C(=O)/C(C(=O)NCc2ccc(F)cc2F)=C\NNCN(CCC)C1=O. The minimum absolute atomic E-state index is 0.0209. The number of halogens is 2. The maximum atomic E-state index is 13.8. The molecule has 8 nitrogen and oxygen atoms in total. The summed E-state index contributed by atoms with van der Waals surface area (Å²) in [6, 6.07) is 2.91. The number of hydrazine groups is 1. The molecule has 0 aliphatic carbocycles. The molecule has 1 heterocycles. The summed E-state index contributed by atoms with van der Waals surface area (Å²) in [6.45, 7) is 3.99. The molecule has 1 aliphatic heterocycles. The first-order valence-corrected chi connectivity index (χ1v) is 10.5. The van der Waals surface area contributed by atoms with Crippen molar-refractivity contribution in [1.82, 2.24) is 21.1 Å². The molecule has 0 aromatic heterocycles. The minimum Gasteiger partial charge on any atom is -0.504 e. The zero-order valence-corrected chi connectivity index (χ0v) is 18.1. The van der Waals surface area contributed by atoms with Gasteiger partial charge >= 0.3 is 0 Å². The number of carbonyl (C=O) groups is 3.